The number of nitrogens with one attached hydrogen (secondary N) is 2. The molecule has 0 atom stereocenters. The molecule has 0 aromatic heterocycles. The molecular weight excluding hydrogens is 290 g/mol. The number of methoxy groups -OCH3 is 1. The number of amides is 1. The predicted octanol–water partition coefficient (Wildman–Crippen LogP) is 1.64. The summed E-state index contributed by atoms with van der Waals surface area (Å²) in [7, 11) is 1.66. The third-order valence-corrected chi connectivity index (χ3v) is 4.12. The molecule has 0 bridgehead atoms. The lowest BCUT2D eigenvalue weighted by Gasteiger charge is -2.37. The minimum Gasteiger partial charge on any atom is -0.384 e. The molecule has 22 heavy (non-hydrogen) atoms. The minimum absolute atomic E-state index is 0.0402. The van der Waals surface area contributed by atoms with E-state index in [2.05, 4.69) is 10.6 Å². The fraction of sp³-hybridized carbons (Fsp3) is 0.562. The highest BCUT2D eigenvalue weighted by Gasteiger charge is 2.32. The Kier molecular flexibility index (Phi) is 5.85. The van der Waals surface area contributed by atoms with Gasteiger partial charge in [0.05, 0.1) is 13.0 Å². The van der Waals surface area contributed by atoms with Crippen molar-refractivity contribution in [2.45, 2.75) is 19.3 Å². The van der Waals surface area contributed by atoms with Crippen LogP contribution in [0, 0.1) is 17.0 Å². The summed E-state index contributed by atoms with van der Waals surface area (Å²) in [5.74, 6) is -2.03. The Hall–Kier alpha value is -1.53. The molecule has 1 aromatic rings. The smallest absolute Gasteiger partial charge is 0.224 e. The van der Waals surface area contributed by atoms with Crippen LogP contribution in [0.2, 0.25) is 0 Å². The molecule has 2 rings (SSSR count). The van der Waals surface area contributed by atoms with Gasteiger partial charge in [0.15, 0.2) is 11.6 Å². The predicted molar refractivity (Wildman–Crippen MR) is 79.5 cm³/mol. The number of ether oxygens (including phenoxy) is 1. The van der Waals surface area contributed by atoms with Gasteiger partial charge in [-0.1, -0.05) is 6.07 Å². The highest BCUT2D eigenvalue weighted by atomic mass is 19.2. The van der Waals surface area contributed by atoms with Gasteiger partial charge in [-0.25, -0.2) is 8.78 Å². The van der Waals surface area contributed by atoms with Gasteiger partial charge in [0.25, 0.3) is 0 Å². The van der Waals surface area contributed by atoms with Crippen LogP contribution >= 0.6 is 0 Å². The summed E-state index contributed by atoms with van der Waals surface area (Å²) in [6.07, 6.45) is 1.91. The maximum absolute atomic E-state index is 13.1. The largest absolute Gasteiger partial charge is 0.384 e. The van der Waals surface area contributed by atoms with Crippen molar-refractivity contribution in [2.24, 2.45) is 5.41 Å². The van der Waals surface area contributed by atoms with Crippen LogP contribution in [0.3, 0.4) is 0 Å². The number of halogens is 2. The summed E-state index contributed by atoms with van der Waals surface area (Å²) in [5, 5.41) is 6.19. The van der Waals surface area contributed by atoms with Crippen LogP contribution in [0.1, 0.15) is 18.4 Å². The second-order valence-electron chi connectivity index (χ2n) is 5.88. The summed E-state index contributed by atoms with van der Waals surface area (Å²) in [5.41, 5.74) is 0.409. The molecule has 6 heteroatoms. The second-order valence-corrected chi connectivity index (χ2v) is 5.88. The first-order valence-corrected chi connectivity index (χ1v) is 7.45. The van der Waals surface area contributed by atoms with E-state index in [0.717, 1.165) is 38.1 Å². The van der Waals surface area contributed by atoms with Crippen molar-refractivity contribution in [3.63, 3.8) is 0 Å². The molecule has 2 N–H and O–H groups in total. The summed E-state index contributed by atoms with van der Waals surface area (Å²) in [4.78, 5) is 12.0. The van der Waals surface area contributed by atoms with E-state index in [1.165, 1.54) is 6.07 Å². The number of hydrogen-bond acceptors (Lipinski definition) is 3. The first-order valence-electron chi connectivity index (χ1n) is 7.45. The van der Waals surface area contributed by atoms with Crippen molar-refractivity contribution in [1.29, 1.82) is 0 Å². The van der Waals surface area contributed by atoms with E-state index in [4.69, 9.17) is 4.74 Å². The van der Waals surface area contributed by atoms with Crippen LogP contribution < -0.4 is 10.6 Å². The molecule has 1 saturated heterocycles. The molecule has 1 fully saturated rings. The Morgan fingerprint density at radius 3 is 2.68 bits per heavy atom. The second kappa shape index (κ2) is 7.65. The quantitative estimate of drug-likeness (QED) is 0.839. The van der Waals surface area contributed by atoms with E-state index < -0.39 is 11.6 Å². The van der Waals surface area contributed by atoms with Gasteiger partial charge in [-0.3, -0.25) is 4.79 Å². The number of carbonyl (C=O) groups excluding carboxylic acids is 1. The van der Waals surface area contributed by atoms with Crippen LogP contribution in [0.4, 0.5) is 8.78 Å². The number of carbonyl (C=O) groups is 1. The maximum Gasteiger partial charge on any atom is 0.224 e. The SMILES string of the molecule is COCC1(CNC(=O)Cc2ccc(F)c(F)c2)CCNCC1. The van der Waals surface area contributed by atoms with E-state index in [9.17, 15) is 13.6 Å². The van der Waals surface area contributed by atoms with Crippen molar-refractivity contribution in [2.75, 3.05) is 33.4 Å². The molecule has 4 nitrogen and oxygen atoms in total. The molecular formula is C16H22F2N2O2. The topological polar surface area (TPSA) is 50.4 Å². The lowest BCUT2D eigenvalue weighted by Crippen LogP contribution is -2.47. The number of hydrogen-bond donors (Lipinski definition) is 2. The Morgan fingerprint density at radius 2 is 2.05 bits per heavy atom. The molecule has 1 heterocycles. The summed E-state index contributed by atoms with van der Waals surface area (Å²) in [6.45, 7) is 2.94. The van der Waals surface area contributed by atoms with Gasteiger partial charge >= 0.3 is 0 Å². The van der Waals surface area contributed by atoms with Crippen molar-refractivity contribution >= 4 is 5.91 Å². The summed E-state index contributed by atoms with van der Waals surface area (Å²) < 4.78 is 31.3. The Balaban J connectivity index is 1.89. The molecule has 0 saturated carbocycles. The van der Waals surface area contributed by atoms with Gasteiger partial charge in [-0.05, 0) is 43.6 Å². The van der Waals surface area contributed by atoms with Gasteiger partial charge in [0.2, 0.25) is 5.91 Å². The van der Waals surface area contributed by atoms with Gasteiger partial charge < -0.3 is 15.4 Å². The standard InChI is InChI=1S/C16H22F2N2O2/c1-22-11-16(4-6-19-7-5-16)10-20-15(21)9-12-2-3-13(17)14(18)8-12/h2-3,8,19H,4-7,9-11H2,1H3,(H,20,21). The Morgan fingerprint density at radius 1 is 1.32 bits per heavy atom. The normalized spacial score (nSPS) is 17.2. The Labute approximate surface area is 129 Å². The highest BCUT2D eigenvalue weighted by molar-refractivity contribution is 5.78. The zero-order chi connectivity index (χ0) is 16.0. The van der Waals surface area contributed by atoms with E-state index >= 15 is 0 Å². The van der Waals surface area contributed by atoms with Crippen molar-refractivity contribution in [1.82, 2.24) is 10.6 Å². The molecule has 0 spiro atoms. The summed E-state index contributed by atoms with van der Waals surface area (Å²) in [6, 6.07) is 3.52. The average molecular weight is 312 g/mol. The highest BCUT2D eigenvalue weighted by Crippen LogP contribution is 2.28. The van der Waals surface area contributed by atoms with Gasteiger partial charge in [-0.2, -0.15) is 0 Å². The van der Waals surface area contributed by atoms with Crippen LogP contribution in [0.15, 0.2) is 18.2 Å². The van der Waals surface area contributed by atoms with E-state index in [-0.39, 0.29) is 17.7 Å². The van der Waals surface area contributed by atoms with E-state index in [0.29, 0.717) is 18.7 Å². The van der Waals surface area contributed by atoms with Crippen LogP contribution in [0.25, 0.3) is 0 Å². The molecule has 0 aliphatic carbocycles. The maximum atomic E-state index is 13.1. The first-order chi connectivity index (χ1) is 10.5. The number of rotatable bonds is 6. The molecule has 1 amide bonds. The molecule has 1 aliphatic heterocycles. The van der Waals surface area contributed by atoms with Crippen LogP contribution in [0.5, 0.6) is 0 Å². The van der Waals surface area contributed by atoms with Gasteiger partial charge in [0.1, 0.15) is 0 Å². The zero-order valence-corrected chi connectivity index (χ0v) is 12.8. The van der Waals surface area contributed by atoms with Crippen molar-refractivity contribution in [3.8, 4) is 0 Å². The molecule has 1 aliphatic rings. The van der Waals surface area contributed by atoms with Crippen molar-refractivity contribution in [3.05, 3.63) is 35.4 Å². The van der Waals surface area contributed by atoms with Crippen LogP contribution in [-0.4, -0.2) is 39.3 Å². The van der Waals surface area contributed by atoms with E-state index in [1.54, 1.807) is 7.11 Å². The van der Waals surface area contributed by atoms with E-state index in [1.807, 2.05) is 0 Å². The van der Waals surface area contributed by atoms with Crippen molar-refractivity contribution < 1.29 is 18.3 Å². The fourth-order valence-corrected chi connectivity index (χ4v) is 2.82. The third kappa shape index (κ3) is 4.48. The first kappa shape index (κ1) is 16.8. The number of benzene rings is 1. The lowest BCUT2D eigenvalue weighted by atomic mass is 9.79. The Bertz CT molecular complexity index is 511. The lowest BCUT2D eigenvalue weighted by molar-refractivity contribution is -0.121. The van der Waals surface area contributed by atoms with Crippen LogP contribution in [-0.2, 0) is 16.0 Å². The molecule has 122 valence electrons. The van der Waals surface area contributed by atoms with Gasteiger partial charge in [0, 0.05) is 19.1 Å². The molecule has 1 aromatic carbocycles. The monoisotopic (exact) mass is 312 g/mol. The summed E-state index contributed by atoms with van der Waals surface area (Å²) >= 11 is 0. The average Bonchev–Trinajstić information content (AvgIpc) is 2.50. The van der Waals surface area contributed by atoms with Gasteiger partial charge in [-0.15, -0.1) is 0 Å². The third-order valence-electron chi connectivity index (χ3n) is 4.12. The number of piperidine rings is 1. The molecule has 0 radical (unpaired) electrons. The minimum atomic E-state index is -0.931. The fourth-order valence-electron chi connectivity index (χ4n) is 2.82. The molecule has 0 unspecified atom stereocenters. The zero-order valence-electron chi connectivity index (χ0n) is 12.8.